The van der Waals surface area contributed by atoms with E-state index in [0.717, 1.165) is 0 Å². The van der Waals surface area contributed by atoms with E-state index in [0.29, 0.717) is 24.4 Å². The lowest BCUT2D eigenvalue weighted by Crippen LogP contribution is -2.47. The number of carbonyl (C=O) groups excluding carboxylic acids is 3. The number of methoxy groups -OCH3 is 1. The van der Waals surface area contributed by atoms with E-state index in [2.05, 4.69) is 5.32 Å². The molecule has 1 N–H and O–H groups in total. The highest BCUT2D eigenvalue weighted by atomic mass is 16.5. The maximum Gasteiger partial charge on any atom is 0.289 e. The Kier molecular flexibility index (Phi) is 6.30. The van der Waals surface area contributed by atoms with Crippen molar-refractivity contribution in [3.8, 4) is 5.75 Å². The molecule has 0 bridgehead atoms. The van der Waals surface area contributed by atoms with E-state index in [4.69, 9.17) is 4.74 Å². The summed E-state index contributed by atoms with van der Waals surface area (Å²) in [4.78, 5) is 36.9. The molecule has 0 saturated heterocycles. The number of ketones is 1. The SMILES string of the molecule is COc1ccccc1N(C=O)C(C)C(=O)C(=O)NCC(C)(C)C. The van der Waals surface area contributed by atoms with Crippen LogP contribution in [0.5, 0.6) is 5.75 Å². The van der Waals surface area contributed by atoms with Gasteiger partial charge in [-0.05, 0) is 24.5 Å². The van der Waals surface area contributed by atoms with Crippen molar-refractivity contribution in [2.45, 2.75) is 33.7 Å². The summed E-state index contributed by atoms with van der Waals surface area (Å²) >= 11 is 0. The maximum absolute atomic E-state index is 12.3. The number of ether oxygens (including phenoxy) is 1. The van der Waals surface area contributed by atoms with Crippen molar-refractivity contribution in [1.82, 2.24) is 5.32 Å². The molecule has 0 heterocycles. The van der Waals surface area contributed by atoms with Crippen molar-refractivity contribution in [1.29, 1.82) is 0 Å². The van der Waals surface area contributed by atoms with Gasteiger partial charge in [-0.15, -0.1) is 0 Å². The molecule has 0 radical (unpaired) electrons. The molecule has 1 rings (SSSR count). The fourth-order valence-corrected chi connectivity index (χ4v) is 1.95. The molecule has 0 aliphatic heterocycles. The highest BCUT2D eigenvalue weighted by molar-refractivity contribution is 6.39. The first-order valence-corrected chi connectivity index (χ1v) is 7.40. The summed E-state index contributed by atoms with van der Waals surface area (Å²) in [6.07, 6.45) is 0.525. The van der Waals surface area contributed by atoms with Gasteiger partial charge in [0.2, 0.25) is 12.2 Å². The van der Waals surface area contributed by atoms with Gasteiger partial charge >= 0.3 is 0 Å². The second-order valence-corrected chi connectivity index (χ2v) is 6.47. The summed E-state index contributed by atoms with van der Waals surface area (Å²) in [6.45, 7) is 7.75. The Hall–Kier alpha value is -2.37. The molecule has 0 fully saturated rings. The van der Waals surface area contributed by atoms with Gasteiger partial charge in [0.05, 0.1) is 12.8 Å². The van der Waals surface area contributed by atoms with Gasteiger partial charge in [-0.25, -0.2) is 0 Å². The number of hydrogen-bond donors (Lipinski definition) is 1. The zero-order valence-corrected chi connectivity index (χ0v) is 14.3. The van der Waals surface area contributed by atoms with Gasteiger partial charge in [0.15, 0.2) is 0 Å². The third kappa shape index (κ3) is 5.09. The zero-order valence-electron chi connectivity index (χ0n) is 14.3. The van der Waals surface area contributed by atoms with E-state index >= 15 is 0 Å². The second kappa shape index (κ2) is 7.76. The van der Waals surface area contributed by atoms with Crippen LogP contribution in [0.15, 0.2) is 24.3 Å². The normalized spacial score (nSPS) is 12.2. The first-order valence-electron chi connectivity index (χ1n) is 7.40. The lowest BCUT2D eigenvalue weighted by atomic mass is 9.97. The van der Waals surface area contributed by atoms with E-state index < -0.39 is 17.7 Å². The van der Waals surface area contributed by atoms with Crippen LogP contribution in [0.1, 0.15) is 27.7 Å². The van der Waals surface area contributed by atoms with E-state index in [9.17, 15) is 14.4 Å². The summed E-state index contributed by atoms with van der Waals surface area (Å²) in [6, 6.07) is 5.90. The molecule has 1 aromatic rings. The standard InChI is InChI=1S/C17H24N2O4/c1-12(15(21)16(22)18-10-17(2,3)4)19(11-20)13-8-6-7-9-14(13)23-5/h6-9,11-12H,10H2,1-5H3,(H,18,22). The van der Waals surface area contributed by atoms with Crippen LogP contribution in [0.2, 0.25) is 0 Å². The van der Waals surface area contributed by atoms with Crippen LogP contribution in [0, 0.1) is 5.41 Å². The van der Waals surface area contributed by atoms with Crippen LogP contribution >= 0.6 is 0 Å². The maximum atomic E-state index is 12.3. The number of Topliss-reactive ketones (excluding diaryl/α,β-unsaturated/α-hetero) is 1. The van der Waals surface area contributed by atoms with E-state index in [1.165, 1.54) is 18.9 Å². The second-order valence-electron chi connectivity index (χ2n) is 6.47. The molecule has 1 unspecified atom stereocenters. The van der Waals surface area contributed by atoms with Crippen LogP contribution in [-0.2, 0) is 14.4 Å². The fraction of sp³-hybridized carbons (Fsp3) is 0.471. The minimum Gasteiger partial charge on any atom is -0.495 e. The molecular weight excluding hydrogens is 296 g/mol. The highest BCUT2D eigenvalue weighted by Gasteiger charge is 2.29. The lowest BCUT2D eigenvalue weighted by molar-refractivity contribution is -0.138. The van der Waals surface area contributed by atoms with Crippen LogP contribution < -0.4 is 15.0 Å². The van der Waals surface area contributed by atoms with Crippen molar-refractivity contribution >= 4 is 23.8 Å². The molecule has 2 amide bonds. The number of nitrogens with one attached hydrogen (secondary N) is 1. The van der Waals surface area contributed by atoms with Crippen LogP contribution in [0.3, 0.4) is 0 Å². The Bertz CT molecular complexity index is 578. The lowest BCUT2D eigenvalue weighted by Gasteiger charge is -2.26. The number of hydrogen-bond acceptors (Lipinski definition) is 4. The molecule has 0 saturated carbocycles. The molecule has 126 valence electrons. The van der Waals surface area contributed by atoms with E-state index in [1.807, 2.05) is 20.8 Å². The Morgan fingerprint density at radius 1 is 1.30 bits per heavy atom. The molecule has 0 spiro atoms. The number of carbonyl (C=O) groups is 3. The van der Waals surface area contributed by atoms with Crippen molar-refractivity contribution in [2.24, 2.45) is 5.41 Å². The Balaban J connectivity index is 2.91. The van der Waals surface area contributed by atoms with Crippen molar-refractivity contribution in [2.75, 3.05) is 18.6 Å². The van der Waals surface area contributed by atoms with Gasteiger partial charge in [-0.3, -0.25) is 14.4 Å². The zero-order chi connectivity index (χ0) is 17.6. The minimum atomic E-state index is -0.927. The Morgan fingerprint density at radius 2 is 1.91 bits per heavy atom. The third-order valence-corrected chi connectivity index (χ3v) is 3.28. The van der Waals surface area contributed by atoms with Gasteiger partial charge in [0, 0.05) is 6.54 Å². The Morgan fingerprint density at radius 3 is 2.43 bits per heavy atom. The quantitative estimate of drug-likeness (QED) is 0.614. The van der Waals surface area contributed by atoms with Crippen LogP contribution in [-0.4, -0.2) is 37.8 Å². The number of amides is 2. The van der Waals surface area contributed by atoms with Crippen molar-refractivity contribution in [3.05, 3.63) is 24.3 Å². The van der Waals surface area contributed by atoms with Gasteiger partial charge in [0.1, 0.15) is 11.8 Å². The summed E-state index contributed by atoms with van der Waals surface area (Å²) in [5.41, 5.74) is 0.307. The van der Waals surface area contributed by atoms with Gasteiger partial charge in [-0.1, -0.05) is 32.9 Å². The molecule has 0 aliphatic rings. The van der Waals surface area contributed by atoms with Crippen molar-refractivity contribution in [3.63, 3.8) is 0 Å². The van der Waals surface area contributed by atoms with Crippen LogP contribution in [0.4, 0.5) is 5.69 Å². The average Bonchev–Trinajstić information content (AvgIpc) is 2.52. The van der Waals surface area contributed by atoms with Crippen LogP contribution in [0.25, 0.3) is 0 Å². The number of para-hydroxylation sites is 2. The largest absolute Gasteiger partial charge is 0.495 e. The molecule has 1 aromatic carbocycles. The summed E-state index contributed by atoms with van der Waals surface area (Å²) in [5.74, 6) is -0.921. The summed E-state index contributed by atoms with van der Waals surface area (Å²) in [5, 5.41) is 2.60. The van der Waals surface area contributed by atoms with E-state index in [1.54, 1.807) is 24.3 Å². The smallest absolute Gasteiger partial charge is 0.289 e. The average molecular weight is 320 g/mol. The van der Waals surface area contributed by atoms with Crippen molar-refractivity contribution < 1.29 is 19.1 Å². The molecule has 0 aliphatic carbocycles. The molecule has 6 heteroatoms. The molecule has 6 nitrogen and oxygen atoms in total. The Labute approximate surface area is 136 Å². The number of anilines is 1. The predicted octanol–water partition coefficient (Wildman–Crippen LogP) is 1.78. The third-order valence-electron chi connectivity index (χ3n) is 3.28. The first-order chi connectivity index (χ1) is 10.7. The van der Waals surface area contributed by atoms with E-state index in [-0.39, 0.29) is 5.41 Å². The van der Waals surface area contributed by atoms with Gasteiger partial charge in [-0.2, -0.15) is 0 Å². The summed E-state index contributed by atoms with van der Waals surface area (Å²) < 4.78 is 5.20. The monoisotopic (exact) mass is 320 g/mol. The van der Waals surface area contributed by atoms with Gasteiger partial charge < -0.3 is 15.0 Å². The molecule has 23 heavy (non-hydrogen) atoms. The molecule has 0 aromatic heterocycles. The predicted molar refractivity (Wildman–Crippen MR) is 88.5 cm³/mol. The first kappa shape index (κ1) is 18.7. The fourth-order valence-electron chi connectivity index (χ4n) is 1.95. The molecular formula is C17H24N2O4. The topological polar surface area (TPSA) is 75.7 Å². The number of benzene rings is 1. The minimum absolute atomic E-state index is 0.133. The van der Waals surface area contributed by atoms with Gasteiger partial charge in [0.25, 0.3) is 5.91 Å². The summed E-state index contributed by atoms with van der Waals surface area (Å²) in [7, 11) is 1.48. The molecule has 1 atom stereocenters. The highest BCUT2D eigenvalue weighted by Crippen LogP contribution is 2.28. The number of rotatable bonds is 7. The number of nitrogens with zero attached hydrogens (tertiary/aromatic N) is 1.